The van der Waals surface area contributed by atoms with Gasteiger partial charge in [0.05, 0.1) is 16.2 Å². The van der Waals surface area contributed by atoms with Crippen molar-refractivity contribution in [3.05, 3.63) is 59.7 Å². The van der Waals surface area contributed by atoms with Crippen molar-refractivity contribution in [3.63, 3.8) is 0 Å². The molecule has 1 saturated heterocycles. The number of aromatic nitrogens is 3. The summed E-state index contributed by atoms with van der Waals surface area (Å²) in [6.45, 7) is 2.82. The molecule has 0 saturated carbocycles. The number of sulfonamides is 1. The monoisotopic (exact) mass is 497 g/mol. The van der Waals surface area contributed by atoms with Gasteiger partial charge in [0.2, 0.25) is 21.1 Å². The highest BCUT2D eigenvalue weighted by Gasteiger charge is 2.31. The Hall–Kier alpha value is -3.40. The van der Waals surface area contributed by atoms with E-state index < -0.39 is 10.0 Å². The van der Waals surface area contributed by atoms with E-state index >= 15 is 0 Å². The third-order valence-corrected chi connectivity index (χ3v) is 8.40. The fraction of sp³-hybridized carbons (Fsp3) is 0.273. The Morgan fingerprint density at radius 2 is 1.76 bits per heavy atom. The van der Waals surface area contributed by atoms with E-state index in [1.165, 1.54) is 32.9 Å². The zero-order valence-electron chi connectivity index (χ0n) is 18.5. The van der Waals surface area contributed by atoms with Crippen LogP contribution in [0, 0.1) is 18.3 Å². The van der Waals surface area contributed by atoms with E-state index in [0.717, 1.165) is 11.1 Å². The van der Waals surface area contributed by atoms with Crippen LogP contribution in [0.1, 0.15) is 11.1 Å². The Kier molecular flexibility index (Phi) is 6.87. The molecular formula is C22H23N7O3S2. The van der Waals surface area contributed by atoms with Crippen molar-refractivity contribution in [2.75, 3.05) is 37.8 Å². The van der Waals surface area contributed by atoms with E-state index in [4.69, 9.17) is 5.84 Å². The van der Waals surface area contributed by atoms with E-state index in [0.29, 0.717) is 11.0 Å². The van der Waals surface area contributed by atoms with Crippen molar-refractivity contribution in [2.45, 2.75) is 17.0 Å². The Morgan fingerprint density at radius 1 is 1.09 bits per heavy atom. The quantitative estimate of drug-likeness (QED) is 0.399. The molecule has 3 aromatic rings. The molecule has 1 aromatic heterocycles. The van der Waals surface area contributed by atoms with Crippen molar-refractivity contribution < 1.29 is 13.2 Å². The molecule has 1 aliphatic rings. The average Bonchev–Trinajstić information content (AvgIpc) is 3.23. The van der Waals surface area contributed by atoms with Crippen LogP contribution in [0.5, 0.6) is 0 Å². The van der Waals surface area contributed by atoms with Gasteiger partial charge in [-0.1, -0.05) is 53.7 Å². The number of nitrogens with zero attached hydrogens (tertiary/aromatic N) is 6. The van der Waals surface area contributed by atoms with Crippen LogP contribution in [0.25, 0.3) is 11.4 Å². The normalized spacial score (nSPS) is 14.6. The van der Waals surface area contributed by atoms with E-state index in [2.05, 4.69) is 10.2 Å². The van der Waals surface area contributed by atoms with E-state index in [1.54, 1.807) is 17.0 Å². The summed E-state index contributed by atoms with van der Waals surface area (Å²) in [5.41, 5.74) is 2.05. The Balaban J connectivity index is 1.35. The zero-order chi connectivity index (χ0) is 24.3. The lowest BCUT2D eigenvalue weighted by atomic mass is 10.1. The fourth-order valence-electron chi connectivity index (χ4n) is 3.59. The number of nitrogen functional groups attached to an aromatic ring is 1. The van der Waals surface area contributed by atoms with Gasteiger partial charge in [0.15, 0.2) is 5.82 Å². The van der Waals surface area contributed by atoms with E-state index in [1.807, 2.05) is 37.3 Å². The number of carbonyl (C=O) groups excluding carboxylic acids is 1. The summed E-state index contributed by atoms with van der Waals surface area (Å²) in [5, 5.41) is 17.9. The van der Waals surface area contributed by atoms with Gasteiger partial charge in [0.25, 0.3) is 0 Å². The second-order valence-electron chi connectivity index (χ2n) is 7.72. The van der Waals surface area contributed by atoms with Gasteiger partial charge in [0.1, 0.15) is 6.07 Å². The van der Waals surface area contributed by atoms with Crippen LogP contribution in [0.3, 0.4) is 0 Å². The molecule has 0 unspecified atom stereocenters. The molecule has 0 atom stereocenters. The number of piperazine rings is 1. The number of carbonyl (C=O) groups is 1. The van der Waals surface area contributed by atoms with Gasteiger partial charge in [-0.05, 0) is 19.1 Å². The summed E-state index contributed by atoms with van der Waals surface area (Å²) in [6, 6.07) is 15.8. The first-order valence-electron chi connectivity index (χ1n) is 10.5. The Labute approximate surface area is 202 Å². The van der Waals surface area contributed by atoms with Crippen LogP contribution in [-0.2, 0) is 14.8 Å². The van der Waals surface area contributed by atoms with Gasteiger partial charge in [-0.15, -0.1) is 10.2 Å². The summed E-state index contributed by atoms with van der Waals surface area (Å²) in [7, 11) is -3.81. The molecule has 1 amide bonds. The molecule has 1 fully saturated rings. The first-order chi connectivity index (χ1) is 16.3. The number of aryl methyl sites for hydroxylation is 1. The molecule has 2 heterocycles. The fourth-order valence-corrected chi connectivity index (χ4v) is 5.92. The topological polar surface area (TPSA) is 138 Å². The molecule has 10 nitrogen and oxygen atoms in total. The van der Waals surface area contributed by atoms with Gasteiger partial charge < -0.3 is 10.7 Å². The number of benzene rings is 2. The molecule has 0 aliphatic carbocycles. The minimum absolute atomic E-state index is 0.0144. The van der Waals surface area contributed by atoms with Crippen molar-refractivity contribution in [1.29, 1.82) is 5.26 Å². The number of thioether (sulfide) groups is 1. The molecular weight excluding hydrogens is 474 g/mol. The number of nitriles is 1. The summed E-state index contributed by atoms with van der Waals surface area (Å²) in [6.07, 6.45) is 0. The van der Waals surface area contributed by atoms with E-state index in [-0.39, 0.29) is 48.3 Å². The van der Waals surface area contributed by atoms with Crippen LogP contribution in [0.4, 0.5) is 0 Å². The van der Waals surface area contributed by atoms with Crippen molar-refractivity contribution in [2.24, 2.45) is 0 Å². The number of hydrogen-bond donors (Lipinski definition) is 1. The number of amides is 1. The molecule has 34 heavy (non-hydrogen) atoms. The molecule has 2 N–H and O–H groups in total. The third-order valence-electron chi connectivity index (χ3n) is 5.52. The first-order valence-corrected chi connectivity index (χ1v) is 12.9. The zero-order valence-corrected chi connectivity index (χ0v) is 20.1. The number of nitrogens with two attached hydrogens (primary N) is 1. The lowest BCUT2D eigenvalue weighted by molar-refractivity contribution is -0.129. The van der Waals surface area contributed by atoms with Crippen LogP contribution >= 0.6 is 11.8 Å². The summed E-state index contributed by atoms with van der Waals surface area (Å²) < 4.78 is 28.6. The second kappa shape index (κ2) is 9.84. The maximum absolute atomic E-state index is 13.0. The highest BCUT2D eigenvalue weighted by Crippen LogP contribution is 2.24. The smallest absolute Gasteiger partial charge is 0.244 e. The molecule has 0 bridgehead atoms. The molecule has 2 aromatic carbocycles. The largest absolute Gasteiger partial charge is 0.339 e. The summed E-state index contributed by atoms with van der Waals surface area (Å²) >= 11 is 1.18. The van der Waals surface area contributed by atoms with Crippen LogP contribution < -0.4 is 5.84 Å². The lowest BCUT2D eigenvalue weighted by Crippen LogP contribution is -2.51. The SMILES string of the molecule is Cc1ccc(-c2nnc(SCC(=O)N3CCN(S(=O)(=O)c4ccccc4C#N)CC3)n2N)cc1. The molecule has 12 heteroatoms. The molecule has 0 radical (unpaired) electrons. The number of rotatable bonds is 6. The molecule has 4 rings (SSSR count). The Bertz CT molecular complexity index is 1340. The van der Waals surface area contributed by atoms with Crippen LogP contribution in [0.2, 0.25) is 0 Å². The summed E-state index contributed by atoms with van der Waals surface area (Å²) in [4.78, 5) is 14.3. The van der Waals surface area contributed by atoms with Crippen molar-refractivity contribution >= 4 is 27.7 Å². The van der Waals surface area contributed by atoms with Crippen molar-refractivity contribution in [3.8, 4) is 17.5 Å². The van der Waals surface area contributed by atoms with Crippen LogP contribution in [0.15, 0.2) is 58.6 Å². The highest BCUT2D eigenvalue weighted by molar-refractivity contribution is 7.99. The van der Waals surface area contributed by atoms with Gasteiger partial charge in [-0.25, -0.2) is 13.1 Å². The second-order valence-corrected chi connectivity index (χ2v) is 10.6. The van der Waals surface area contributed by atoms with Gasteiger partial charge in [0, 0.05) is 31.7 Å². The minimum Gasteiger partial charge on any atom is -0.339 e. The molecule has 0 spiro atoms. The Morgan fingerprint density at radius 3 is 2.44 bits per heavy atom. The predicted octanol–water partition coefficient (Wildman–Crippen LogP) is 1.46. The minimum atomic E-state index is -3.81. The molecule has 176 valence electrons. The first kappa shape index (κ1) is 23.7. The van der Waals surface area contributed by atoms with Gasteiger partial charge >= 0.3 is 0 Å². The standard InChI is InChI=1S/C22H23N7O3S2/c1-16-6-8-17(9-7-16)21-25-26-22(29(21)24)33-15-20(30)27-10-12-28(13-11-27)34(31,32)19-5-3-2-4-18(19)14-23/h2-9H,10-13,15,24H2,1H3. The van der Waals surface area contributed by atoms with E-state index in [9.17, 15) is 18.5 Å². The van der Waals surface area contributed by atoms with Crippen molar-refractivity contribution in [1.82, 2.24) is 24.1 Å². The number of hydrogen-bond acceptors (Lipinski definition) is 8. The highest BCUT2D eigenvalue weighted by atomic mass is 32.2. The van der Waals surface area contributed by atoms with Gasteiger partial charge in [-0.2, -0.15) is 9.57 Å². The third kappa shape index (κ3) is 4.77. The maximum atomic E-state index is 13.0. The maximum Gasteiger partial charge on any atom is 0.244 e. The predicted molar refractivity (Wildman–Crippen MR) is 128 cm³/mol. The lowest BCUT2D eigenvalue weighted by Gasteiger charge is -2.34. The van der Waals surface area contributed by atoms with Crippen LogP contribution in [-0.4, -0.2) is 70.3 Å². The van der Waals surface area contributed by atoms with Gasteiger partial charge in [-0.3, -0.25) is 4.79 Å². The molecule has 1 aliphatic heterocycles. The summed E-state index contributed by atoms with van der Waals surface area (Å²) in [5.74, 6) is 6.60. The average molecular weight is 498 g/mol.